The third kappa shape index (κ3) is 4.59. The normalized spacial score (nSPS) is 10.7. The summed E-state index contributed by atoms with van der Waals surface area (Å²) in [5.74, 6) is 0.788. The van der Waals surface area contributed by atoms with E-state index in [0.717, 1.165) is 11.1 Å². The van der Waals surface area contributed by atoms with E-state index in [-0.39, 0.29) is 18.9 Å². The van der Waals surface area contributed by atoms with Gasteiger partial charge in [0, 0.05) is 22.7 Å². The highest BCUT2D eigenvalue weighted by atomic mass is 35.5. The Morgan fingerprint density at radius 2 is 1.64 bits per heavy atom. The second kappa shape index (κ2) is 7.68. The van der Waals surface area contributed by atoms with Gasteiger partial charge in [-0.05, 0) is 42.0 Å². The molecule has 0 atom stereocenters. The Morgan fingerprint density at radius 3 is 2.28 bits per heavy atom. The van der Waals surface area contributed by atoms with E-state index >= 15 is 0 Å². The van der Waals surface area contributed by atoms with Gasteiger partial charge in [0.2, 0.25) is 17.6 Å². The molecule has 1 heterocycles. The third-order valence-corrected chi connectivity index (χ3v) is 4.14. The van der Waals surface area contributed by atoms with Crippen LogP contribution in [0.15, 0.2) is 53.1 Å². The summed E-state index contributed by atoms with van der Waals surface area (Å²) in [6.45, 7) is 0.243. The van der Waals surface area contributed by atoms with Gasteiger partial charge in [-0.25, -0.2) is 0 Å². The number of hydrogen-bond acceptors (Lipinski definition) is 4. The molecule has 0 N–H and O–H groups in total. The lowest BCUT2D eigenvalue weighted by atomic mass is 10.1. The fourth-order valence-electron chi connectivity index (χ4n) is 2.24. The molecule has 0 bridgehead atoms. The topological polar surface area (TPSA) is 59.2 Å². The summed E-state index contributed by atoms with van der Waals surface area (Å²) >= 11 is 11.7. The van der Waals surface area contributed by atoms with Gasteiger partial charge in [-0.2, -0.15) is 4.98 Å². The first-order chi connectivity index (χ1) is 12.0. The van der Waals surface area contributed by atoms with Gasteiger partial charge in [-0.3, -0.25) is 4.79 Å². The first kappa shape index (κ1) is 17.5. The summed E-state index contributed by atoms with van der Waals surface area (Å²) < 4.78 is 5.23. The van der Waals surface area contributed by atoms with Crippen LogP contribution in [0.5, 0.6) is 0 Å². The highest BCUT2D eigenvalue weighted by Gasteiger charge is 2.15. The Balaban J connectivity index is 1.62. The molecule has 5 nitrogen and oxygen atoms in total. The predicted molar refractivity (Wildman–Crippen MR) is 96.4 cm³/mol. The van der Waals surface area contributed by atoms with E-state index < -0.39 is 0 Å². The molecule has 1 amide bonds. The zero-order valence-electron chi connectivity index (χ0n) is 13.4. The van der Waals surface area contributed by atoms with E-state index in [9.17, 15) is 4.79 Å². The van der Waals surface area contributed by atoms with E-state index in [4.69, 9.17) is 27.7 Å². The van der Waals surface area contributed by atoms with Crippen molar-refractivity contribution in [1.82, 2.24) is 15.0 Å². The molecule has 0 aliphatic carbocycles. The van der Waals surface area contributed by atoms with Crippen molar-refractivity contribution in [2.45, 2.75) is 13.0 Å². The van der Waals surface area contributed by atoms with Gasteiger partial charge in [-0.1, -0.05) is 40.5 Å². The number of amides is 1. The molecule has 0 saturated carbocycles. The SMILES string of the molecule is CN(Cc1nc(-c2ccc(Cl)cc2)no1)C(=O)Cc1ccc(Cl)cc1. The second-order valence-electron chi connectivity index (χ2n) is 5.57. The number of carbonyl (C=O) groups excluding carboxylic acids is 1. The standard InChI is InChI=1S/C18H15Cl2N3O2/c1-23(17(24)10-12-2-6-14(19)7-3-12)11-16-21-18(22-25-16)13-4-8-15(20)9-5-13/h2-9H,10-11H2,1H3. The molecule has 25 heavy (non-hydrogen) atoms. The number of carbonyl (C=O) groups is 1. The Hall–Kier alpha value is -2.37. The quantitative estimate of drug-likeness (QED) is 0.668. The highest BCUT2D eigenvalue weighted by molar-refractivity contribution is 6.30. The molecule has 0 saturated heterocycles. The van der Waals surface area contributed by atoms with Gasteiger partial charge in [0.1, 0.15) is 0 Å². The van der Waals surface area contributed by atoms with Gasteiger partial charge < -0.3 is 9.42 Å². The van der Waals surface area contributed by atoms with Gasteiger partial charge in [0.15, 0.2) is 0 Å². The number of rotatable bonds is 5. The van der Waals surface area contributed by atoms with Gasteiger partial charge in [0.05, 0.1) is 13.0 Å². The molecule has 0 aliphatic rings. The molecule has 0 aliphatic heterocycles. The van der Waals surface area contributed by atoms with E-state index in [0.29, 0.717) is 21.8 Å². The van der Waals surface area contributed by atoms with Crippen LogP contribution in [-0.2, 0) is 17.8 Å². The lowest BCUT2D eigenvalue weighted by molar-refractivity contribution is -0.130. The lowest BCUT2D eigenvalue weighted by Gasteiger charge is -2.14. The van der Waals surface area contributed by atoms with Crippen LogP contribution in [-0.4, -0.2) is 28.0 Å². The van der Waals surface area contributed by atoms with Crippen molar-refractivity contribution in [3.63, 3.8) is 0 Å². The maximum absolute atomic E-state index is 12.3. The molecular formula is C18H15Cl2N3O2. The number of aromatic nitrogens is 2. The van der Waals surface area contributed by atoms with Gasteiger partial charge >= 0.3 is 0 Å². The highest BCUT2D eigenvalue weighted by Crippen LogP contribution is 2.19. The fourth-order valence-corrected chi connectivity index (χ4v) is 2.49. The zero-order chi connectivity index (χ0) is 17.8. The average molecular weight is 376 g/mol. The van der Waals surface area contributed by atoms with Crippen LogP contribution >= 0.6 is 23.2 Å². The lowest BCUT2D eigenvalue weighted by Crippen LogP contribution is -2.27. The first-order valence-corrected chi connectivity index (χ1v) is 8.34. The van der Waals surface area contributed by atoms with Crippen molar-refractivity contribution < 1.29 is 9.32 Å². The minimum Gasteiger partial charge on any atom is -0.337 e. The molecule has 1 aromatic heterocycles. The molecule has 0 radical (unpaired) electrons. The summed E-state index contributed by atoms with van der Waals surface area (Å²) in [4.78, 5) is 18.2. The van der Waals surface area contributed by atoms with Crippen molar-refractivity contribution >= 4 is 29.1 Å². The molecule has 3 aromatic rings. The minimum absolute atomic E-state index is 0.0476. The molecule has 0 fully saturated rings. The Kier molecular flexibility index (Phi) is 5.36. The zero-order valence-corrected chi connectivity index (χ0v) is 15.0. The largest absolute Gasteiger partial charge is 0.337 e. The smallest absolute Gasteiger partial charge is 0.246 e. The molecule has 0 spiro atoms. The summed E-state index contributed by atoms with van der Waals surface area (Å²) in [5, 5.41) is 5.22. The van der Waals surface area contributed by atoms with Crippen molar-refractivity contribution in [1.29, 1.82) is 0 Å². The van der Waals surface area contributed by atoms with Crippen molar-refractivity contribution in [3.8, 4) is 11.4 Å². The van der Waals surface area contributed by atoms with Crippen molar-refractivity contribution in [2.24, 2.45) is 0 Å². The summed E-state index contributed by atoms with van der Waals surface area (Å²) in [6, 6.07) is 14.3. The molecule has 3 rings (SSSR count). The molecule has 7 heteroatoms. The first-order valence-electron chi connectivity index (χ1n) is 7.58. The number of benzene rings is 2. The molecule has 0 unspecified atom stereocenters. The van der Waals surface area contributed by atoms with Gasteiger partial charge in [-0.15, -0.1) is 0 Å². The number of hydrogen-bond donors (Lipinski definition) is 0. The Bertz CT molecular complexity index is 861. The Labute approximate surface area is 155 Å². The molecule has 2 aromatic carbocycles. The maximum Gasteiger partial charge on any atom is 0.246 e. The van der Waals surface area contributed by atoms with E-state index in [1.54, 1.807) is 36.2 Å². The van der Waals surface area contributed by atoms with Crippen molar-refractivity contribution in [3.05, 3.63) is 70.0 Å². The maximum atomic E-state index is 12.3. The second-order valence-corrected chi connectivity index (χ2v) is 6.44. The number of halogens is 2. The third-order valence-electron chi connectivity index (χ3n) is 3.64. The fraction of sp³-hybridized carbons (Fsp3) is 0.167. The summed E-state index contributed by atoms with van der Waals surface area (Å²) in [5.41, 5.74) is 1.70. The van der Waals surface area contributed by atoms with Crippen LogP contribution in [0, 0.1) is 0 Å². The van der Waals surface area contributed by atoms with E-state index in [1.807, 2.05) is 24.3 Å². The monoisotopic (exact) mass is 375 g/mol. The molecular weight excluding hydrogens is 361 g/mol. The van der Waals surface area contributed by atoms with Crippen LogP contribution < -0.4 is 0 Å². The van der Waals surface area contributed by atoms with Crippen LogP contribution in [0.3, 0.4) is 0 Å². The molecule has 128 valence electrons. The van der Waals surface area contributed by atoms with E-state index in [1.165, 1.54) is 0 Å². The summed E-state index contributed by atoms with van der Waals surface area (Å²) in [6.07, 6.45) is 0.284. The Morgan fingerprint density at radius 1 is 1.04 bits per heavy atom. The average Bonchev–Trinajstić information content (AvgIpc) is 3.06. The minimum atomic E-state index is -0.0476. The van der Waals surface area contributed by atoms with Crippen LogP contribution in [0.25, 0.3) is 11.4 Å². The number of likely N-dealkylation sites (N-methyl/N-ethyl adjacent to an activating group) is 1. The van der Waals surface area contributed by atoms with Crippen LogP contribution in [0.1, 0.15) is 11.5 Å². The van der Waals surface area contributed by atoms with Crippen LogP contribution in [0.2, 0.25) is 10.0 Å². The van der Waals surface area contributed by atoms with Gasteiger partial charge in [0.25, 0.3) is 0 Å². The van der Waals surface area contributed by atoms with Crippen molar-refractivity contribution in [2.75, 3.05) is 7.05 Å². The van der Waals surface area contributed by atoms with Crippen LogP contribution in [0.4, 0.5) is 0 Å². The van der Waals surface area contributed by atoms with E-state index in [2.05, 4.69) is 10.1 Å². The summed E-state index contributed by atoms with van der Waals surface area (Å²) in [7, 11) is 1.70. The number of nitrogens with zero attached hydrogens (tertiary/aromatic N) is 3. The predicted octanol–water partition coefficient (Wildman–Crippen LogP) is 4.24.